The molecule has 0 bridgehead atoms. The zero-order valence-corrected chi connectivity index (χ0v) is 10.3. The third-order valence-electron chi connectivity index (χ3n) is 3.46. The van der Waals surface area contributed by atoms with Crippen LogP contribution in [0.25, 0.3) is 0 Å². The van der Waals surface area contributed by atoms with Gasteiger partial charge in [0.15, 0.2) is 0 Å². The lowest BCUT2D eigenvalue weighted by atomic mass is 9.75. The number of imidazole rings is 1. The molecule has 1 aliphatic carbocycles. The third-order valence-corrected chi connectivity index (χ3v) is 3.73. The predicted molar refractivity (Wildman–Crippen MR) is 63.1 cm³/mol. The van der Waals surface area contributed by atoms with Crippen molar-refractivity contribution in [3.63, 3.8) is 0 Å². The van der Waals surface area contributed by atoms with Crippen molar-refractivity contribution in [3.05, 3.63) is 18.2 Å². The number of halogens is 1. The highest BCUT2D eigenvalue weighted by molar-refractivity contribution is 6.16. The Morgan fingerprint density at radius 2 is 2.40 bits per heavy atom. The van der Waals surface area contributed by atoms with Crippen molar-refractivity contribution in [2.24, 2.45) is 5.41 Å². The molecular weight excluding hydrogens is 208 g/mol. The summed E-state index contributed by atoms with van der Waals surface area (Å²) in [6.07, 6.45) is 8.99. The minimum atomic E-state index is 0.469. The van der Waals surface area contributed by atoms with Gasteiger partial charge in [-0.2, -0.15) is 0 Å². The molecule has 0 spiro atoms. The summed E-state index contributed by atoms with van der Waals surface area (Å²) in [5.41, 5.74) is 1.62. The second-order valence-electron chi connectivity index (χ2n) is 5.34. The molecule has 0 radical (unpaired) electrons. The zero-order valence-electron chi connectivity index (χ0n) is 9.54. The van der Waals surface area contributed by atoms with Crippen LogP contribution in [0.1, 0.15) is 51.3 Å². The number of aromatic nitrogens is 2. The molecule has 1 aromatic rings. The number of nitrogens with zero attached hydrogens (tertiary/aromatic N) is 2. The van der Waals surface area contributed by atoms with Gasteiger partial charge in [0.2, 0.25) is 0 Å². The van der Waals surface area contributed by atoms with Gasteiger partial charge in [0.25, 0.3) is 0 Å². The molecule has 1 saturated carbocycles. The van der Waals surface area contributed by atoms with Crippen molar-refractivity contribution < 1.29 is 0 Å². The van der Waals surface area contributed by atoms with Crippen molar-refractivity contribution in [3.8, 4) is 0 Å². The average molecular weight is 227 g/mol. The van der Waals surface area contributed by atoms with E-state index in [4.69, 9.17) is 11.6 Å². The molecule has 2 nitrogen and oxygen atoms in total. The summed E-state index contributed by atoms with van der Waals surface area (Å²) in [4.78, 5) is 4.19. The van der Waals surface area contributed by atoms with E-state index < -0.39 is 0 Å². The molecule has 2 rings (SSSR count). The van der Waals surface area contributed by atoms with E-state index in [0.717, 1.165) is 5.69 Å². The molecule has 0 amide bonds. The first-order chi connectivity index (χ1) is 7.12. The maximum atomic E-state index is 5.90. The van der Waals surface area contributed by atoms with Crippen molar-refractivity contribution in [1.29, 1.82) is 0 Å². The first kappa shape index (κ1) is 11.0. The van der Waals surface area contributed by atoms with Crippen molar-refractivity contribution in [2.75, 3.05) is 0 Å². The highest BCUT2D eigenvalue weighted by Gasteiger charge is 2.29. The highest BCUT2D eigenvalue weighted by atomic mass is 35.5. The molecule has 1 aliphatic rings. The summed E-state index contributed by atoms with van der Waals surface area (Å²) in [6, 6.07) is 0.602. The molecule has 0 aliphatic heterocycles. The largest absolute Gasteiger partial charge is 0.330 e. The third kappa shape index (κ3) is 2.36. The van der Waals surface area contributed by atoms with E-state index in [1.165, 1.54) is 25.7 Å². The van der Waals surface area contributed by atoms with Crippen LogP contribution in [0.4, 0.5) is 0 Å². The molecule has 0 N–H and O–H groups in total. The Bertz CT molecular complexity index is 330. The highest BCUT2D eigenvalue weighted by Crippen LogP contribution is 2.41. The van der Waals surface area contributed by atoms with Gasteiger partial charge in [0, 0.05) is 12.2 Å². The molecule has 1 atom stereocenters. The fraction of sp³-hybridized carbons (Fsp3) is 0.750. The minimum Gasteiger partial charge on any atom is -0.330 e. The topological polar surface area (TPSA) is 17.8 Å². The Kier molecular flexibility index (Phi) is 3.06. The molecule has 3 heteroatoms. The first-order valence-electron chi connectivity index (χ1n) is 5.69. The van der Waals surface area contributed by atoms with Crippen LogP contribution in [0.3, 0.4) is 0 Å². The number of hydrogen-bond acceptors (Lipinski definition) is 1. The normalized spacial score (nSPS) is 25.4. The molecule has 0 aromatic carbocycles. The van der Waals surface area contributed by atoms with Crippen molar-refractivity contribution >= 4 is 11.6 Å². The van der Waals surface area contributed by atoms with Crippen molar-refractivity contribution in [1.82, 2.24) is 9.55 Å². The summed E-state index contributed by atoms with van der Waals surface area (Å²) in [5.74, 6) is 0.566. The fourth-order valence-corrected chi connectivity index (χ4v) is 2.87. The molecule has 1 heterocycles. The van der Waals surface area contributed by atoms with Gasteiger partial charge in [0.05, 0.1) is 17.9 Å². The fourth-order valence-electron chi connectivity index (χ4n) is 2.66. The monoisotopic (exact) mass is 226 g/mol. The summed E-state index contributed by atoms with van der Waals surface area (Å²) in [6.45, 7) is 4.72. The Hall–Kier alpha value is -0.500. The standard InChI is InChI=1S/C12H19ClN2/c1-12(2)5-3-4-10(6-12)15-9-14-8-11(15)7-13/h8-10H,3-7H2,1-2H3. The Morgan fingerprint density at radius 1 is 1.60 bits per heavy atom. The second-order valence-corrected chi connectivity index (χ2v) is 5.61. The van der Waals surface area contributed by atoms with E-state index in [1.807, 2.05) is 12.5 Å². The van der Waals surface area contributed by atoms with Crippen LogP contribution in [0.15, 0.2) is 12.5 Å². The summed E-state index contributed by atoms with van der Waals surface area (Å²) in [7, 11) is 0. The van der Waals surface area contributed by atoms with Crippen LogP contribution >= 0.6 is 11.6 Å². The average Bonchev–Trinajstić information content (AvgIpc) is 2.63. The van der Waals surface area contributed by atoms with E-state index in [1.54, 1.807) is 0 Å². The van der Waals surface area contributed by atoms with Crippen LogP contribution in [0, 0.1) is 5.41 Å². The van der Waals surface area contributed by atoms with Gasteiger partial charge < -0.3 is 4.57 Å². The SMILES string of the molecule is CC1(C)CCCC(n2cncc2CCl)C1. The maximum absolute atomic E-state index is 5.90. The van der Waals surface area contributed by atoms with Crippen LogP contribution < -0.4 is 0 Å². The molecule has 1 aromatic heterocycles. The van der Waals surface area contributed by atoms with E-state index >= 15 is 0 Å². The van der Waals surface area contributed by atoms with Gasteiger partial charge in [-0.25, -0.2) is 4.98 Å². The van der Waals surface area contributed by atoms with E-state index in [9.17, 15) is 0 Å². The summed E-state index contributed by atoms with van der Waals surface area (Å²) >= 11 is 5.90. The summed E-state index contributed by atoms with van der Waals surface area (Å²) < 4.78 is 2.27. The molecule has 1 fully saturated rings. The van der Waals surface area contributed by atoms with Gasteiger partial charge in [-0.3, -0.25) is 0 Å². The Labute approximate surface area is 96.7 Å². The van der Waals surface area contributed by atoms with Gasteiger partial charge in [-0.1, -0.05) is 20.3 Å². The zero-order chi connectivity index (χ0) is 10.9. The van der Waals surface area contributed by atoms with Crippen LogP contribution in [-0.4, -0.2) is 9.55 Å². The van der Waals surface area contributed by atoms with E-state index in [0.29, 0.717) is 17.3 Å². The lowest BCUT2D eigenvalue weighted by Gasteiger charge is -2.36. The molecule has 15 heavy (non-hydrogen) atoms. The van der Waals surface area contributed by atoms with Gasteiger partial charge in [-0.15, -0.1) is 11.6 Å². The smallest absolute Gasteiger partial charge is 0.0951 e. The number of hydrogen-bond donors (Lipinski definition) is 0. The van der Waals surface area contributed by atoms with Gasteiger partial charge in [0.1, 0.15) is 0 Å². The molecule has 84 valence electrons. The minimum absolute atomic E-state index is 0.469. The first-order valence-corrected chi connectivity index (χ1v) is 6.22. The Morgan fingerprint density at radius 3 is 3.07 bits per heavy atom. The second kappa shape index (κ2) is 4.17. The van der Waals surface area contributed by atoms with Crippen LogP contribution in [0.2, 0.25) is 0 Å². The predicted octanol–water partition coefficient (Wildman–Crippen LogP) is 3.76. The van der Waals surface area contributed by atoms with Gasteiger partial charge >= 0.3 is 0 Å². The number of alkyl halides is 1. The van der Waals surface area contributed by atoms with E-state index in [2.05, 4.69) is 23.4 Å². The van der Waals surface area contributed by atoms with Crippen LogP contribution in [-0.2, 0) is 5.88 Å². The molecule has 1 unspecified atom stereocenters. The quantitative estimate of drug-likeness (QED) is 0.703. The van der Waals surface area contributed by atoms with Gasteiger partial charge in [-0.05, 0) is 24.7 Å². The summed E-state index contributed by atoms with van der Waals surface area (Å²) in [5, 5.41) is 0. The van der Waals surface area contributed by atoms with Crippen LogP contribution in [0.5, 0.6) is 0 Å². The van der Waals surface area contributed by atoms with Crippen molar-refractivity contribution in [2.45, 2.75) is 51.5 Å². The molecular formula is C12H19ClN2. The van der Waals surface area contributed by atoms with E-state index in [-0.39, 0.29) is 0 Å². The maximum Gasteiger partial charge on any atom is 0.0951 e. The number of rotatable bonds is 2. The lowest BCUT2D eigenvalue weighted by molar-refractivity contribution is 0.182. The molecule has 0 saturated heterocycles. The Balaban J connectivity index is 2.17. The lowest BCUT2D eigenvalue weighted by Crippen LogP contribution is -2.25.